The van der Waals surface area contributed by atoms with Crippen LogP contribution in [0.4, 0.5) is 11.4 Å². The average Bonchev–Trinajstić information content (AvgIpc) is 2.69. The zero-order valence-corrected chi connectivity index (χ0v) is 17.7. The van der Waals surface area contributed by atoms with E-state index in [-0.39, 0.29) is 18.4 Å². The summed E-state index contributed by atoms with van der Waals surface area (Å²) in [7, 11) is 0. The van der Waals surface area contributed by atoms with Crippen molar-refractivity contribution in [1.82, 2.24) is 0 Å². The van der Waals surface area contributed by atoms with Crippen LogP contribution in [-0.2, 0) is 4.79 Å². The normalized spacial score (nSPS) is 10.3. The Morgan fingerprint density at radius 3 is 2.24 bits per heavy atom. The number of aryl methyl sites for hydroxylation is 2. The molecule has 0 aromatic heterocycles. The van der Waals surface area contributed by atoms with Crippen molar-refractivity contribution in [2.75, 3.05) is 17.2 Å². The Morgan fingerprint density at radius 2 is 1.59 bits per heavy atom. The predicted molar refractivity (Wildman–Crippen MR) is 119 cm³/mol. The third kappa shape index (κ3) is 5.93. The standard InChI is InChI=1S/C23H21BrN2O3/c1-15-4-3-5-17(12-15)23(28)26-20-9-7-19(8-10-20)25-22(27)14-29-21-11-6-18(24)13-16(21)2/h3-13H,14H2,1-2H3,(H,25,27)(H,26,28). The second kappa shape index (κ2) is 9.39. The number of anilines is 2. The van der Waals surface area contributed by atoms with Crippen LogP contribution in [0.1, 0.15) is 21.5 Å². The van der Waals surface area contributed by atoms with Gasteiger partial charge in [-0.1, -0.05) is 33.6 Å². The third-order valence-electron chi connectivity index (χ3n) is 4.20. The molecule has 3 aromatic rings. The number of benzene rings is 3. The molecule has 3 aromatic carbocycles. The fourth-order valence-electron chi connectivity index (χ4n) is 2.74. The summed E-state index contributed by atoms with van der Waals surface area (Å²) in [5.74, 6) is 0.227. The van der Waals surface area contributed by atoms with E-state index in [0.717, 1.165) is 15.6 Å². The van der Waals surface area contributed by atoms with Crippen molar-refractivity contribution >= 4 is 39.1 Å². The number of rotatable bonds is 6. The molecule has 0 spiro atoms. The lowest BCUT2D eigenvalue weighted by Gasteiger charge is -2.11. The molecule has 6 heteroatoms. The number of hydrogen-bond donors (Lipinski definition) is 2. The Labute approximate surface area is 178 Å². The first-order chi connectivity index (χ1) is 13.9. The van der Waals surface area contributed by atoms with Crippen LogP contribution in [-0.4, -0.2) is 18.4 Å². The molecule has 29 heavy (non-hydrogen) atoms. The van der Waals surface area contributed by atoms with E-state index in [4.69, 9.17) is 4.74 Å². The van der Waals surface area contributed by atoms with Gasteiger partial charge in [-0.25, -0.2) is 0 Å². The first-order valence-electron chi connectivity index (χ1n) is 9.07. The van der Waals surface area contributed by atoms with Gasteiger partial charge >= 0.3 is 0 Å². The number of ether oxygens (including phenoxy) is 1. The van der Waals surface area contributed by atoms with Gasteiger partial charge in [-0.15, -0.1) is 0 Å². The van der Waals surface area contributed by atoms with Crippen LogP contribution in [0.15, 0.2) is 71.2 Å². The summed E-state index contributed by atoms with van der Waals surface area (Å²) in [4.78, 5) is 24.4. The fraction of sp³-hybridized carbons (Fsp3) is 0.130. The zero-order valence-electron chi connectivity index (χ0n) is 16.2. The van der Waals surface area contributed by atoms with Gasteiger partial charge < -0.3 is 15.4 Å². The van der Waals surface area contributed by atoms with Crippen LogP contribution in [0.25, 0.3) is 0 Å². The second-order valence-corrected chi connectivity index (χ2v) is 7.56. The van der Waals surface area contributed by atoms with Gasteiger partial charge in [0.2, 0.25) is 0 Å². The molecule has 2 N–H and O–H groups in total. The third-order valence-corrected chi connectivity index (χ3v) is 4.70. The Balaban J connectivity index is 1.53. The highest BCUT2D eigenvalue weighted by Gasteiger charge is 2.08. The van der Waals surface area contributed by atoms with Crippen molar-refractivity contribution in [3.63, 3.8) is 0 Å². The minimum Gasteiger partial charge on any atom is -0.483 e. The molecule has 3 rings (SSSR count). The Morgan fingerprint density at radius 1 is 0.897 bits per heavy atom. The molecule has 0 unspecified atom stereocenters. The van der Waals surface area contributed by atoms with Crippen molar-refractivity contribution in [3.05, 3.63) is 87.9 Å². The van der Waals surface area contributed by atoms with Gasteiger partial charge in [0.1, 0.15) is 5.75 Å². The van der Waals surface area contributed by atoms with Gasteiger partial charge in [-0.3, -0.25) is 9.59 Å². The molecule has 5 nitrogen and oxygen atoms in total. The quantitative estimate of drug-likeness (QED) is 0.530. The maximum absolute atomic E-state index is 12.3. The number of nitrogens with one attached hydrogen (secondary N) is 2. The molecule has 0 radical (unpaired) electrons. The highest BCUT2D eigenvalue weighted by atomic mass is 79.9. The Hall–Kier alpha value is -3.12. The maximum Gasteiger partial charge on any atom is 0.262 e. The summed E-state index contributed by atoms with van der Waals surface area (Å²) in [6.07, 6.45) is 0. The SMILES string of the molecule is Cc1cccc(C(=O)Nc2ccc(NC(=O)COc3ccc(Br)cc3C)cc2)c1. The first kappa shape index (κ1) is 20.6. The van der Waals surface area contributed by atoms with Crippen molar-refractivity contribution in [3.8, 4) is 5.75 Å². The van der Waals surface area contributed by atoms with Crippen LogP contribution < -0.4 is 15.4 Å². The molecule has 0 aliphatic rings. The molecule has 0 heterocycles. The molecular formula is C23H21BrN2O3. The van der Waals surface area contributed by atoms with Crippen LogP contribution in [0, 0.1) is 13.8 Å². The monoisotopic (exact) mass is 452 g/mol. The van der Waals surface area contributed by atoms with E-state index in [2.05, 4.69) is 26.6 Å². The molecule has 2 amide bonds. The van der Waals surface area contributed by atoms with Gasteiger partial charge in [0.05, 0.1) is 0 Å². The van der Waals surface area contributed by atoms with Crippen molar-refractivity contribution < 1.29 is 14.3 Å². The number of amides is 2. The highest BCUT2D eigenvalue weighted by Crippen LogP contribution is 2.22. The van der Waals surface area contributed by atoms with E-state index in [9.17, 15) is 9.59 Å². The molecule has 0 saturated carbocycles. The number of hydrogen-bond acceptors (Lipinski definition) is 3. The molecule has 0 aliphatic carbocycles. The van der Waals surface area contributed by atoms with Gasteiger partial charge in [-0.05, 0) is 74.0 Å². The molecular weight excluding hydrogens is 432 g/mol. The van der Waals surface area contributed by atoms with Crippen molar-refractivity contribution in [2.45, 2.75) is 13.8 Å². The zero-order chi connectivity index (χ0) is 20.8. The summed E-state index contributed by atoms with van der Waals surface area (Å²) in [5.41, 5.74) is 3.84. The van der Waals surface area contributed by atoms with Crippen LogP contribution in [0.2, 0.25) is 0 Å². The number of halogens is 1. The van der Waals surface area contributed by atoms with E-state index in [1.54, 1.807) is 30.3 Å². The second-order valence-electron chi connectivity index (χ2n) is 6.65. The maximum atomic E-state index is 12.3. The van der Waals surface area contributed by atoms with Crippen LogP contribution >= 0.6 is 15.9 Å². The topological polar surface area (TPSA) is 67.4 Å². The first-order valence-corrected chi connectivity index (χ1v) is 9.87. The van der Waals surface area contributed by atoms with Gasteiger partial charge in [0, 0.05) is 21.4 Å². The van der Waals surface area contributed by atoms with Gasteiger partial charge in [-0.2, -0.15) is 0 Å². The molecule has 0 saturated heterocycles. The van der Waals surface area contributed by atoms with E-state index in [0.29, 0.717) is 22.7 Å². The summed E-state index contributed by atoms with van der Waals surface area (Å²) in [6.45, 7) is 3.77. The molecule has 0 fully saturated rings. The number of carbonyl (C=O) groups is 2. The summed E-state index contributed by atoms with van der Waals surface area (Å²) in [6, 6.07) is 19.9. The molecule has 0 bridgehead atoms. The minimum atomic E-state index is -0.260. The Bertz CT molecular complexity index is 1030. The van der Waals surface area contributed by atoms with Crippen molar-refractivity contribution in [1.29, 1.82) is 0 Å². The summed E-state index contributed by atoms with van der Waals surface area (Å²) in [5, 5.41) is 5.62. The smallest absolute Gasteiger partial charge is 0.262 e. The molecule has 0 aliphatic heterocycles. The highest BCUT2D eigenvalue weighted by molar-refractivity contribution is 9.10. The lowest BCUT2D eigenvalue weighted by atomic mass is 10.1. The lowest BCUT2D eigenvalue weighted by Crippen LogP contribution is -2.20. The van der Waals surface area contributed by atoms with E-state index in [1.165, 1.54) is 0 Å². The van der Waals surface area contributed by atoms with E-state index < -0.39 is 0 Å². The van der Waals surface area contributed by atoms with E-state index >= 15 is 0 Å². The summed E-state index contributed by atoms with van der Waals surface area (Å²) < 4.78 is 6.53. The number of carbonyl (C=O) groups excluding carboxylic acids is 2. The van der Waals surface area contributed by atoms with Gasteiger partial charge in [0.15, 0.2) is 6.61 Å². The lowest BCUT2D eigenvalue weighted by molar-refractivity contribution is -0.118. The molecule has 0 atom stereocenters. The predicted octanol–water partition coefficient (Wildman–Crippen LogP) is 5.34. The van der Waals surface area contributed by atoms with Crippen LogP contribution in [0.5, 0.6) is 5.75 Å². The van der Waals surface area contributed by atoms with Crippen molar-refractivity contribution in [2.24, 2.45) is 0 Å². The largest absolute Gasteiger partial charge is 0.483 e. The van der Waals surface area contributed by atoms with Crippen LogP contribution in [0.3, 0.4) is 0 Å². The Kier molecular flexibility index (Phi) is 6.67. The fourth-order valence-corrected chi connectivity index (χ4v) is 3.22. The molecule has 148 valence electrons. The summed E-state index contributed by atoms with van der Waals surface area (Å²) >= 11 is 3.40. The van der Waals surface area contributed by atoms with E-state index in [1.807, 2.05) is 50.2 Å². The minimum absolute atomic E-state index is 0.0890. The van der Waals surface area contributed by atoms with Gasteiger partial charge in [0.25, 0.3) is 11.8 Å². The average molecular weight is 453 g/mol.